The molecule has 2 nitrogen and oxygen atoms in total. The SMILES string of the molecule is C/C=C\C(=O)N1CCCC(C(C)(C)C)C1. The van der Waals surface area contributed by atoms with Crippen molar-refractivity contribution in [1.29, 1.82) is 0 Å². The molecule has 0 bridgehead atoms. The normalized spacial score (nSPS) is 23.5. The first-order valence-electron chi connectivity index (χ1n) is 5.86. The fourth-order valence-corrected chi connectivity index (χ4v) is 2.13. The molecule has 0 aromatic carbocycles. The number of nitrogens with zero attached hydrogens (tertiary/aromatic N) is 1. The van der Waals surface area contributed by atoms with Crippen molar-refractivity contribution in [3.05, 3.63) is 12.2 Å². The molecule has 1 amide bonds. The molecule has 1 aliphatic rings. The van der Waals surface area contributed by atoms with Gasteiger partial charge in [-0.15, -0.1) is 0 Å². The molecule has 1 atom stereocenters. The van der Waals surface area contributed by atoms with Gasteiger partial charge in [0.2, 0.25) is 5.91 Å². The van der Waals surface area contributed by atoms with Gasteiger partial charge >= 0.3 is 0 Å². The lowest BCUT2D eigenvalue weighted by Gasteiger charge is -2.39. The summed E-state index contributed by atoms with van der Waals surface area (Å²) in [6, 6.07) is 0. The van der Waals surface area contributed by atoms with Crippen LogP contribution in [0.5, 0.6) is 0 Å². The van der Waals surface area contributed by atoms with Gasteiger partial charge in [0.25, 0.3) is 0 Å². The summed E-state index contributed by atoms with van der Waals surface area (Å²) >= 11 is 0. The number of carbonyl (C=O) groups excluding carboxylic acids is 1. The van der Waals surface area contributed by atoms with Gasteiger partial charge in [0, 0.05) is 13.1 Å². The fraction of sp³-hybridized carbons (Fsp3) is 0.769. The third-order valence-corrected chi connectivity index (χ3v) is 3.27. The zero-order chi connectivity index (χ0) is 11.5. The number of likely N-dealkylation sites (tertiary alicyclic amines) is 1. The Hall–Kier alpha value is -0.790. The van der Waals surface area contributed by atoms with Crippen molar-refractivity contribution in [2.45, 2.75) is 40.5 Å². The van der Waals surface area contributed by atoms with Crippen LogP contribution < -0.4 is 0 Å². The summed E-state index contributed by atoms with van der Waals surface area (Å²) in [6.45, 7) is 10.5. The quantitative estimate of drug-likeness (QED) is 0.608. The van der Waals surface area contributed by atoms with E-state index in [1.165, 1.54) is 6.42 Å². The maximum absolute atomic E-state index is 11.7. The highest BCUT2D eigenvalue weighted by Crippen LogP contribution is 2.33. The van der Waals surface area contributed by atoms with Crippen molar-refractivity contribution < 1.29 is 4.79 Å². The van der Waals surface area contributed by atoms with Crippen LogP contribution in [0.2, 0.25) is 0 Å². The number of allylic oxidation sites excluding steroid dienone is 1. The molecule has 0 radical (unpaired) electrons. The summed E-state index contributed by atoms with van der Waals surface area (Å²) < 4.78 is 0. The largest absolute Gasteiger partial charge is 0.339 e. The average molecular weight is 209 g/mol. The third kappa shape index (κ3) is 3.37. The van der Waals surface area contributed by atoms with Crippen LogP contribution in [0.25, 0.3) is 0 Å². The molecule has 0 aliphatic carbocycles. The summed E-state index contributed by atoms with van der Waals surface area (Å²) in [5.74, 6) is 0.812. The van der Waals surface area contributed by atoms with Gasteiger partial charge in [-0.25, -0.2) is 0 Å². The Balaban J connectivity index is 2.60. The van der Waals surface area contributed by atoms with Gasteiger partial charge in [0.15, 0.2) is 0 Å². The van der Waals surface area contributed by atoms with E-state index in [4.69, 9.17) is 0 Å². The first-order valence-corrected chi connectivity index (χ1v) is 5.86. The summed E-state index contributed by atoms with van der Waals surface area (Å²) in [7, 11) is 0. The fourth-order valence-electron chi connectivity index (χ4n) is 2.13. The number of amides is 1. The first kappa shape index (κ1) is 12.3. The molecule has 1 aliphatic heterocycles. The molecule has 2 heteroatoms. The molecule has 1 rings (SSSR count). The van der Waals surface area contributed by atoms with Gasteiger partial charge in [-0.1, -0.05) is 26.8 Å². The van der Waals surface area contributed by atoms with Gasteiger partial charge in [0.05, 0.1) is 0 Å². The van der Waals surface area contributed by atoms with E-state index >= 15 is 0 Å². The maximum Gasteiger partial charge on any atom is 0.246 e. The summed E-state index contributed by atoms with van der Waals surface area (Å²) in [5.41, 5.74) is 0.314. The lowest BCUT2D eigenvalue weighted by molar-refractivity contribution is -0.128. The van der Waals surface area contributed by atoms with Crippen molar-refractivity contribution in [1.82, 2.24) is 4.90 Å². The van der Waals surface area contributed by atoms with Crippen LogP contribution in [-0.2, 0) is 4.79 Å². The number of rotatable bonds is 1. The van der Waals surface area contributed by atoms with Crippen LogP contribution in [0.1, 0.15) is 40.5 Å². The van der Waals surface area contributed by atoms with Crippen LogP contribution in [0.3, 0.4) is 0 Å². The third-order valence-electron chi connectivity index (χ3n) is 3.27. The monoisotopic (exact) mass is 209 g/mol. The van der Waals surface area contributed by atoms with Crippen molar-refractivity contribution in [3.63, 3.8) is 0 Å². The highest BCUT2D eigenvalue weighted by Gasteiger charge is 2.30. The Labute approximate surface area is 93.3 Å². The van der Waals surface area contributed by atoms with Gasteiger partial charge in [-0.3, -0.25) is 4.79 Å². The van der Waals surface area contributed by atoms with Gasteiger partial charge in [-0.05, 0) is 37.2 Å². The second-order valence-corrected chi connectivity index (χ2v) is 5.49. The van der Waals surface area contributed by atoms with E-state index in [0.29, 0.717) is 11.3 Å². The smallest absolute Gasteiger partial charge is 0.246 e. The Bertz CT molecular complexity index is 250. The van der Waals surface area contributed by atoms with Crippen LogP contribution >= 0.6 is 0 Å². The van der Waals surface area contributed by atoms with Crippen LogP contribution in [0.15, 0.2) is 12.2 Å². The lowest BCUT2D eigenvalue weighted by atomic mass is 9.76. The van der Waals surface area contributed by atoms with Crippen molar-refractivity contribution in [2.24, 2.45) is 11.3 Å². The standard InChI is InChI=1S/C13H23NO/c1-5-7-12(15)14-9-6-8-11(10-14)13(2,3)4/h5,7,11H,6,8-10H2,1-4H3/b7-5-. The van der Waals surface area contributed by atoms with Crippen LogP contribution in [0.4, 0.5) is 0 Å². The van der Waals surface area contributed by atoms with Crippen molar-refractivity contribution >= 4 is 5.91 Å². The molecule has 15 heavy (non-hydrogen) atoms. The van der Waals surface area contributed by atoms with E-state index in [0.717, 1.165) is 19.5 Å². The lowest BCUT2D eigenvalue weighted by Crippen LogP contribution is -2.43. The molecule has 86 valence electrons. The van der Waals surface area contributed by atoms with E-state index in [9.17, 15) is 4.79 Å². The molecule has 1 fully saturated rings. The molecule has 1 saturated heterocycles. The minimum Gasteiger partial charge on any atom is -0.339 e. The Kier molecular flexibility index (Phi) is 3.95. The summed E-state index contributed by atoms with van der Waals surface area (Å²) in [4.78, 5) is 13.7. The molecular formula is C13H23NO. The molecule has 0 saturated carbocycles. The molecule has 0 aromatic heterocycles. The highest BCUT2D eigenvalue weighted by atomic mass is 16.2. The zero-order valence-electron chi connectivity index (χ0n) is 10.4. The Morgan fingerprint density at radius 1 is 1.40 bits per heavy atom. The maximum atomic E-state index is 11.7. The average Bonchev–Trinajstić information content (AvgIpc) is 2.17. The first-order chi connectivity index (χ1) is 6.95. The number of hydrogen-bond acceptors (Lipinski definition) is 1. The Morgan fingerprint density at radius 3 is 2.60 bits per heavy atom. The molecule has 0 N–H and O–H groups in total. The predicted molar refractivity (Wildman–Crippen MR) is 63.6 cm³/mol. The second-order valence-electron chi connectivity index (χ2n) is 5.49. The zero-order valence-corrected chi connectivity index (χ0v) is 10.4. The molecule has 1 unspecified atom stereocenters. The van der Waals surface area contributed by atoms with Crippen LogP contribution in [-0.4, -0.2) is 23.9 Å². The summed E-state index contributed by atoms with van der Waals surface area (Å²) in [6.07, 6.45) is 5.89. The van der Waals surface area contributed by atoms with E-state index < -0.39 is 0 Å². The van der Waals surface area contributed by atoms with Gasteiger partial charge in [0.1, 0.15) is 0 Å². The van der Waals surface area contributed by atoms with Gasteiger partial charge < -0.3 is 4.90 Å². The number of piperidine rings is 1. The minimum absolute atomic E-state index is 0.173. The predicted octanol–water partition coefficient (Wildman–Crippen LogP) is 2.85. The number of carbonyl (C=O) groups is 1. The van der Waals surface area contributed by atoms with E-state index in [-0.39, 0.29) is 5.91 Å². The molecule has 0 spiro atoms. The van der Waals surface area contributed by atoms with E-state index in [1.807, 2.05) is 17.9 Å². The molecule has 1 heterocycles. The Morgan fingerprint density at radius 2 is 2.07 bits per heavy atom. The van der Waals surface area contributed by atoms with Crippen molar-refractivity contribution in [3.8, 4) is 0 Å². The number of hydrogen-bond donors (Lipinski definition) is 0. The minimum atomic E-state index is 0.173. The van der Waals surface area contributed by atoms with Crippen LogP contribution in [0, 0.1) is 11.3 Å². The van der Waals surface area contributed by atoms with E-state index in [2.05, 4.69) is 20.8 Å². The topological polar surface area (TPSA) is 20.3 Å². The molecule has 0 aromatic rings. The second kappa shape index (κ2) is 4.82. The molecular weight excluding hydrogens is 186 g/mol. The van der Waals surface area contributed by atoms with E-state index in [1.54, 1.807) is 6.08 Å². The highest BCUT2D eigenvalue weighted by molar-refractivity contribution is 5.87. The van der Waals surface area contributed by atoms with Gasteiger partial charge in [-0.2, -0.15) is 0 Å². The van der Waals surface area contributed by atoms with Crippen molar-refractivity contribution in [2.75, 3.05) is 13.1 Å². The summed E-state index contributed by atoms with van der Waals surface area (Å²) in [5, 5.41) is 0.